The summed E-state index contributed by atoms with van der Waals surface area (Å²) in [5.41, 5.74) is 0.294. The van der Waals surface area contributed by atoms with Crippen LogP contribution >= 0.6 is 11.8 Å². The molecule has 0 aliphatic carbocycles. The molecule has 72 valence electrons. The zero-order valence-electron chi connectivity index (χ0n) is 8.52. The zero-order chi connectivity index (χ0) is 9.03. The Balaban J connectivity index is 2.13. The largest absolute Gasteiger partial charge is 0.312 e. The number of thioether (sulfide) groups is 1. The highest BCUT2D eigenvalue weighted by Crippen LogP contribution is 2.22. The van der Waals surface area contributed by atoms with Crippen LogP contribution in [0.1, 0.15) is 33.6 Å². The fourth-order valence-electron chi connectivity index (χ4n) is 1.42. The summed E-state index contributed by atoms with van der Waals surface area (Å²) < 4.78 is 0. The van der Waals surface area contributed by atoms with Crippen molar-refractivity contribution in [2.75, 3.05) is 18.1 Å². The van der Waals surface area contributed by atoms with Gasteiger partial charge in [-0.3, -0.25) is 0 Å². The van der Waals surface area contributed by atoms with E-state index < -0.39 is 0 Å². The lowest BCUT2D eigenvalue weighted by atomic mass is 10.0. The van der Waals surface area contributed by atoms with Crippen molar-refractivity contribution in [2.24, 2.45) is 5.92 Å². The van der Waals surface area contributed by atoms with E-state index in [1.165, 1.54) is 30.9 Å². The lowest BCUT2D eigenvalue weighted by Gasteiger charge is -2.27. The Morgan fingerprint density at radius 3 is 2.67 bits per heavy atom. The van der Waals surface area contributed by atoms with E-state index in [0.717, 1.165) is 5.92 Å². The predicted octanol–water partition coefficient (Wildman–Crippen LogP) is 2.52. The van der Waals surface area contributed by atoms with Crippen molar-refractivity contribution in [3.8, 4) is 0 Å². The van der Waals surface area contributed by atoms with Gasteiger partial charge < -0.3 is 5.32 Å². The number of hydrogen-bond donors (Lipinski definition) is 1. The van der Waals surface area contributed by atoms with E-state index in [1.807, 2.05) is 0 Å². The maximum absolute atomic E-state index is 3.58. The van der Waals surface area contributed by atoms with Gasteiger partial charge in [-0.1, -0.05) is 0 Å². The molecular weight excluding hydrogens is 166 g/mol. The van der Waals surface area contributed by atoms with Gasteiger partial charge in [-0.2, -0.15) is 11.8 Å². The molecule has 1 aliphatic heterocycles. The maximum atomic E-state index is 3.58. The van der Waals surface area contributed by atoms with Gasteiger partial charge in [0.2, 0.25) is 0 Å². The molecule has 0 aromatic heterocycles. The van der Waals surface area contributed by atoms with Crippen molar-refractivity contribution in [1.29, 1.82) is 0 Å². The first-order valence-electron chi connectivity index (χ1n) is 4.91. The van der Waals surface area contributed by atoms with Gasteiger partial charge >= 0.3 is 0 Å². The van der Waals surface area contributed by atoms with Crippen LogP contribution < -0.4 is 5.32 Å². The smallest absolute Gasteiger partial charge is 0.00966 e. The van der Waals surface area contributed by atoms with Crippen molar-refractivity contribution in [3.63, 3.8) is 0 Å². The van der Waals surface area contributed by atoms with Gasteiger partial charge in [-0.25, -0.2) is 0 Å². The second kappa shape index (κ2) is 4.52. The van der Waals surface area contributed by atoms with E-state index in [0.29, 0.717) is 5.54 Å². The minimum absolute atomic E-state index is 0.294. The fourth-order valence-corrected chi connectivity index (χ4v) is 2.57. The van der Waals surface area contributed by atoms with E-state index in [4.69, 9.17) is 0 Å². The third-order valence-corrected chi connectivity index (χ3v) is 3.46. The van der Waals surface area contributed by atoms with Gasteiger partial charge in [0, 0.05) is 5.54 Å². The first kappa shape index (κ1) is 10.4. The second-order valence-electron chi connectivity index (χ2n) is 4.71. The van der Waals surface area contributed by atoms with E-state index in [-0.39, 0.29) is 0 Å². The molecule has 1 unspecified atom stereocenters. The normalized spacial score (nSPS) is 25.8. The van der Waals surface area contributed by atoms with E-state index in [1.54, 1.807) is 0 Å². The Hall–Kier alpha value is 0.310. The van der Waals surface area contributed by atoms with Crippen LogP contribution in [0, 0.1) is 5.92 Å². The third kappa shape index (κ3) is 4.36. The minimum Gasteiger partial charge on any atom is -0.312 e. The van der Waals surface area contributed by atoms with Gasteiger partial charge in [0.25, 0.3) is 0 Å². The fraction of sp³-hybridized carbons (Fsp3) is 1.00. The summed E-state index contributed by atoms with van der Waals surface area (Å²) in [6.07, 6.45) is 2.84. The molecule has 1 rings (SSSR count). The topological polar surface area (TPSA) is 12.0 Å². The first-order chi connectivity index (χ1) is 5.58. The average molecular weight is 187 g/mol. The van der Waals surface area contributed by atoms with Crippen LogP contribution in [-0.4, -0.2) is 23.6 Å². The van der Waals surface area contributed by atoms with Crippen LogP contribution in [0.4, 0.5) is 0 Å². The SMILES string of the molecule is CC(C)(C)NCC1CCCSC1. The first-order valence-corrected chi connectivity index (χ1v) is 6.06. The molecule has 1 nitrogen and oxygen atoms in total. The van der Waals surface area contributed by atoms with Crippen molar-refractivity contribution in [2.45, 2.75) is 39.2 Å². The van der Waals surface area contributed by atoms with Crippen LogP contribution in [0.25, 0.3) is 0 Å². The molecule has 1 aliphatic rings. The molecule has 0 aromatic carbocycles. The molecule has 0 spiro atoms. The lowest BCUT2D eigenvalue weighted by Crippen LogP contribution is -2.40. The monoisotopic (exact) mass is 187 g/mol. The van der Waals surface area contributed by atoms with Gasteiger partial charge in [-0.15, -0.1) is 0 Å². The summed E-state index contributed by atoms with van der Waals surface area (Å²) in [6.45, 7) is 7.92. The Morgan fingerprint density at radius 2 is 2.17 bits per heavy atom. The molecule has 1 fully saturated rings. The molecule has 1 saturated heterocycles. The molecular formula is C10H21NS. The van der Waals surface area contributed by atoms with Crippen LogP contribution in [0.3, 0.4) is 0 Å². The van der Waals surface area contributed by atoms with Crippen molar-refractivity contribution >= 4 is 11.8 Å². The predicted molar refractivity (Wildman–Crippen MR) is 57.8 cm³/mol. The number of rotatable bonds is 2. The highest BCUT2D eigenvalue weighted by atomic mass is 32.2. The minimum atomic E-state index is 0.294. The molecule has 0 amide bonds. The summed E-state index contributed by atoms with van der Waals surface area (Å²) in [6, 6.07) is 0. The second-order valence-corrected chi connectivity index (χ2v) is 5.86. The zero-order valence-corrected chi connectivity index (χ0v) is 9.34. The molecule has 2 heteroatoms. The van der Waals surface area contributed by atoms with Crippen molar-refractivity contribution in [1.82, 2.24) is 5.32 Å². The average Bonchev–Trinajstić information content (AvgIpc) is 2.02. The lowest BCUT2D eigenvalue weighted by molar-refractivity contribution is 0.371. The van der Waals surface area contributed by atoms with Gasteiger partial charge in [-0.05, 0) is 57.6 Å². The summed E-state index contributed by atoms with van der Waals surface area (Å²) >= 11 is 2.11. The number of hydrogen-bond acceptors (Lipinski definition) is 2. The molecule has 12 heavy (non-hydrogen) atoms. The quantitative estimate of drug-likeness (QED) is 0.713. The maximum Gasteiger partial charge on any atom is 0.00966 e. The summed E-state index contributed by atoms with van der Waals surface area (Å²) in [4.78, 5) is 0. The van der Waals surface area contributed by atoms with Crippen molar-refractivity contribution < 1.29 is 0 Å². The summed E-state index contributed by atoms with van der Waals surface area (Å²) in [7, 11) is 0. The Bertz CT molecular complexity index is 122. The molecule has 0 bridgehead atoms. The van der Waals surface area contributed by atoms with Gasteiger partial charge in [0.05, 0.1) is 0 Å². The highest BCUT2D eigenvalue weighted by molar-refractivity contribution is 7.99. The van der Waals surface area contributed by atoms with E-state index in [9.17, 15) is 0 Å². The standard InChI is InChI=1S/C10H21NS/c1-10(2,3)11-7-9-5-4-6-12-8-9/h9,11H,4-8H2,1-3H3. The molecule has 1 N–H and O–H groups in total. The van der Waals surface area contributed by atoms with Crippen LogP contribution in [0.15, 0.2) is 0 Å². The Morgan fingerprint density at radius 1 is 1.42 bits per heavy atom. The summed E-state index contributed by atoms with van der Waals surface area (Å²) in [5.74, 6) is 3.66. The third-order valence-electron chi connectivity index (χ3n) is 2.18. The summed E-state index contributed by atoms with van der Waals surface area (Å²) in [5, 5.41) is 3.58. The number of nitrogens with one attached hydrogen (secondary N) is 1. The molecule has 0 radical (unpaired) electrons. The molecule has 1 heterocycles. The molecule has 0 aromatic rings. The van der Waals surface area contributed by atoms with Crippen LogP contribution in [0.2, 0.25) is 0 Å². The van der Waals surface area contributed by atoms with Gasteiger partial charge in [0.15, 0.2) is 0 Å². The van der Waals surface area contributed by atoms with E-state index in [2.05, 4.69) is 37.8 Å². The van der Waals surface area contributed by atoms with Crippen LogP contribution in [0.5, 0.6) is 0 Å². The van der Waals surface area contributed by atoms with Crippen LogP contribution in [-0.2, 0) is 0 Å². The van der Waals surface area contributed by atoms with E-state index >= 15 is 0 Å². The molecule has 0 saturated carbocycles. The van der Waals surface area contributed by atoms with Gasteiger partial charge in [0.1, 0.15) is 0 Å². The highest BCUT2D eigenvalue weighted by Gasteiger charge is 2.16. The Labute approximate surface area is 80.7 Å². The Kier molecular flexibility index (Phi) is 3.91. The van der Waals surface area contributed by atoms with Crippen molar-refractivity contribution in [3.05, 3.63) is 0 Å². The molecule has 1 atom stereocenters.